The van der Waals surface area contributed by atoms with Gasteiger partial charge in [-0.15, -0.1) is 0 Å². The molecular formula is C13H15FN2OS. The first-order valence-electron chi connectivity index (χ1n) is 5.74. The topological polar surface area (TPSA) is 34.1 Å². The number of nitrogens with one attached hydrogen (secondary N) is 1. The standard InChI is InChI=1S/C13H15FN2OS/c1-3-17-13-11(14)10(4-6-16-13)12(15-2)9-5-7-18-8-9/h4-8,12,15H,3H2,1-2H3. The van der Waals surface area contributed by atoms with E-state index in [0.717, 1.165) is 5.56 Å². The van der Waals surface area contributed by atoms with Crippen LogP contribution in [0.3, 0.4) is 0 Å². The Balaban J connectivity index is 2.40. The molecule has 0 fully saturated rings. The highest BCUT2D eigenvalue weighted by molar-refractivity contribution is 7.08. The molecule has 0 aliphatic rings. The van der Waals surface area contributed by atoms with E-state index in [1.165, 1.54) is 0 Å². The molecule has 0 radical (unpaired) electrons. The van der Waals surface area contributed by atoms with Gasteiger partial charge in [0.2, 0.25) is 0 Å². The van der Waals surface area contributed by atoms with Gasteiger partial charge in [0, 0.05) is 11.8 Å². The number of thiophene rings is 1. The van der Waals surface area contributed by atoms with Crippen molar-refractivity contribution in [3.8, 4) is 5.88 Å². The highest BCUT2D eigenvalue weighted by Crippen LogP contribution is 2.28. The fourth-order valence-electron chi connectivity index (χ4n) is 1.84. The summed E-state index contributed by atoms with van der Waals surface area (Å²) in [6.07, 6.45) is 1.57. The fraction of sp³-hybridized carbons (Fsp3) is 0.308. The van der Waals surface area contributed by atoms with E-state index in [1.807, 2.05) is 30.8 Å². The first-order valence-corrected chi connectivity index (χ1v) is 6.68. The normalized spacial score (nSPS) is 12.4. The van der Waals surface area contributed by atoms with Gasteiger partial charge in [0.1, 0.15) is 0 Å². The summed E-state index contributed by atoms with van der Waals surface area (Å²) in [5.41, 5.74) is 1.59. The molecule has 1 unspecified atom stereocenters. The van der Waals surface area contributed by atoms with Gasteiger partial charge in [0.15, 0.2) is 5.82 Å². The van der Waals surface area contributed by atoms with Crippen molar-refractivity contribution in [2.24, 2.45) is 0 Å². The maximum absolute atomic E-state index is 14.3. The van der Waals surface area contributed by atoms with Crippen LogP contribution in [-0.2, 0) is 0 Å². The van der Waals surface area contributed by atoms with Gasteiger partial charge in [-0.05, 0) is 42.4 Å². The minimum atomic E-state index is -0.398. The minimum absolute atomic E-state index is 0.0606. The second-order valence-corrected chi connectivity index (χ2v) is 4.51. The van der Waals surface area contributed by atoms with Crippen molar-refractivity contribution < 1.29 is 9.13 Å². The van der Waals surface area contributed by atoms with Crippen molar-refractivity contribution in [2.45, 2.75) is 13.0 Å². The average Bonchev–Trinajstić information content (AvgIpc) is 2.89. The van der Waals surface area contributed by atoms with Crippen LogP contribution in [0, 0.1) is 5.82 Å². The van der Waals surface area contributed by atoms with Crippen LogP contribution in [0.25, 0.3) is 0 Å². The number of hydrogen-bond acceptors (Lipinski definition) is 4. The SMILES string of the molecule is CCOc1nccc(C(NC)c2ccsc2)c1F. The Morgan fingerprint density at radius 1 is 1.50 bits per heavy atom. The molecule has 2 rings (SSSR count). The predicted octanol–water partition coefficient (Wildman–Crippen LogP) is 2.99. The van der Waals surface area contributed by atoms with Crippen molar-refractivity contribution in [3.63, 3.8) is 0 Å². The zero-order valence-corrected chi connectivity index (χ0v) is 11.1. The lowest BCUT2D eigenvalue weighted by molar-refractivity contribution is 0.305. The van der Waals surface area contributed by atoms with Crippen LogP contribution in [0.2, 0.25) is 0 Å². The van der Waals surface area contributed by atoms with E-state index in [0.29, 0.717) is 12.2 Å². The number of ether oxygens (including phenoxy) is 1. The van der Waals surface area contributed by atoms with Gasteiger partial charge in [0.25, 0.3) is 5.88 Å². The third-order valence-electron chi connectivity index (χ3n) is 2.64. The van der Waals surface area contributed by atoms with Crippen molar-refractivity contribution in [1.82, 2.24) is 10.3 Å². The van der Waals surface area contributed by atoms with Crippen molar-refractivity contribution in [2.75, 3.05) is 13.7 Å². The van der Waals surface area contributed by atoms with Crippen LogP contribution in [-0.4, -0.2) is 18.6 Å². The molecular weight excluding hydrogens is 251 g/mol. The monoisotopic (exact) mass is 266 g/mol. The number of pyridine rings is 1. The lowest BCUT2D eigenvalue weighted by Gasteiger charge is -2.17. The molecule has 3 nitrogen and oxygen atoms in total. The predicted molar refractivity (Wildman–Crippen MR) is 70.6 cm³/mol. The quantitative estimate of drug-likeness (QED) is 0.903. The van der Waals surface area contributed by atoms with Crippen LogP contribution in [0.5, 0.6) is 5.88 Å². The lowest BCUT2D eigenvalue weighted by Crippen LogP contribution is -2.19. The first-order chi connectivity index (χ1) is 8.77. The first kappa shape index (κ1) is 13.0. The van der Waals surface area contributed by atoms with Gasteiger partial charge < -0.3 is 10.1 Å². The van der Waals surface area contributed by atoms with E-state index >= 15 is 0 Å². The average molecular weight is 266 g/mol. The maximum Gasteiger partial charge on any atom is 0.250 e. The Kier molecular flexibility index (Phi) is 4.28. The summed E-state index contributed by atoms with van der Waals surface area (Å²) >= 11 is 1.59. The smallest absolute Gasteiger partial charge is 0.250 e. The summed E-state index contributed by atoms with van der Waals surface area (Å²) in [4.78, 5) is 3.90. The molecule has 2 heterocycles. The Morgan fingerprint density at radius 2 is 2.33 bits per heavy atom. The van der Waals surface area contributed by atoms with E-state index in [-0.39, 0.29) is 11.9 Å². The molecule has 5 heteroatoms. The second kappa shape index (κ2) is 5.93. The minimum Gasteiger partial charge on any atom is -0.476 e. The number of rotatable bonds is 5. The largest absolute Gasteiger partial charge is 0.476 e. The summed E-state index contributed by atoms with van der Waals surface area (Å²) in [5, 5.41) is 7.09. The van der Waals surface area contributed by atoms with Gasteiger partial charge in [-0.3, -0.25) is 0 Å². The lowest BCUT2D eigenvalue weighted by atomic mass is 10.0. The zero-order chi connectivity index (χ0) is 13.0. The van der Waals surface area contributed by atoms with Gasteiger partial charge in [-0.1, -0.05) is 0 Å². The van der Waals surface area contributed by atoms with Gasteiger partial charge >= 0.3 is 0 Å². The molecule has 1 N–H and O–H groups in total. The molecule has 18 heavy (non-hydrogen) atoms. The number of nitrogens with zero attached hydrogens (tertiary/aromatic N) is 1. The molecule has 0 saturated heterocycles. The molecule has 0 aromatic carbocycles. The van der Waals surface area contributed by atoms with E-state index < -0.39 is 5.82 Å². The van der Waals surface area contributed by atoms with Crippen LogP contribution in [0.4, 0.5) is 4.39 Å². The van der Waals surface area contributed by atoms with Crippen molar-refractivity contribution in [1.29, 1.82) is 0 Å². The van der Waals surface area contributed by atoms with Crippen molar-refractivity contribution >= 4 is 11.3 Å². The molecule has 0 bridgehead atoms. The van der Waals surface area contributed by atoms with E-state index in [9.17, 15) is 4.39 Å². The summed E-state index contributed by atoms with van der Waals surface area (Å²) in [6.45, 7) is 2.21. The van der Waals surface area contributed by atoms with Gasteiger partial charge in [0.05, 0.1) is 12.6 Å². The van der Waals surface area contributed by atoms with Crippen LogP contribution >= 0.6 is 11.3 Å². The fourth-order valence-corrected chi connectivity index (χ4v) is 2.53. The number of aromatic nitrogens is 1. The summed E-state index contributed by atoms with van der Waals surface area (Å²) in [5.74, 6) is -0.338. The van der Waals surface area contributed by atoms with Gasteiger partial charge in [-0.2, -0.15) is 11.3 Å². The Labute approximate surface area is 110 Å². The highest BCUT2D eigenvalue weighted by Gasteiger charge is 2.20. The number of hydrogen-bond donors (Lipinski definition) is 1. The molecule has 0 saturated carbocycles. The van der Waals surface area contributed by atoms with E-state index in [4.69, 9.17) is 4.74 Å². The Hall–Kier alpha value is -1.46. The molecule has 2 aromatic rings. The van der Waals surface area contributed by atoms with Gasteiger partial charge in [-0.25, -0.2) is 9.37 Å². The van der Waals surface area contributed by atoms with Crippen molar-refractivity contribution in [3.05, 3.63) is 46.0 Å². The van der Waals surface area contributed by atoms with E-state index in [2.05, 4.69) is 10.3 Å². The second-order valence-electron chi connectivity index (χ2n) is 3.73. The highest BCUT2D eigenvalue weighted by atomic mass is 32.1. The molecule has 0 spiro atoms. The number of halogens is 1. The third kappa shape index (κ3) is 2.52. The summed E-state index contributed by atoms with van der Waals surface area (Å²) in [7, 11) is 1.81. The third-order valence-corrected chi connectivity index (χ3v) is 3.35. The molecule has 2 aromatic heterocycles. The van der Waals surface area contributed by atoms with E-state index in [1.54, 1.807) is 23.6 Å². The van der Waals surface area contributed by atoms with Crippen LogP contribution < -0.4 is 10.1 Å². The maximum atomic E-state index is 14.3. The molecule has 0 aliphatic carbocycles. The summed E-state index contributed by atoms with van der Waals surface area (Å²) < 4.78 is 19.4. The molecule has 96 valence electrons. The summed E-state index contributed by atoms with van der Waals surface area (Å²) in [6, 6.07) is 3.47. The van der Waals surface area contributed by atoms with Crippen LogP contribution in [0.1, 0.15) is 24.1 Å². The Bertz CT molecular complexity index is 502. The molecule has 0 aliphatic heterocycles. The zero-order valence-electron chi connectivity index (χ0n) is 10.3. The molecule has 0 amide bonds. The Morgan fingerprint density at radius 3 is 2.94 bits per heavy atom. The molecule has 1 atom stereocenters. The van der Waals surface area contributed by atoms with Crippen LogP contribution in [0.15, 0.2) is 29.1 Å².